The van der Waals surface area contributed by atoms with Crippen LogP contribution in [0.25, 0.3) is 0 Å². The lowest BCUT2D eigenvalue weighted by atomic mass is 9.87. The summed E-state index contributed by atoms with van der Waals surface area (Å²) in [7, 11) is 0. The van der Waals surface area contributed by atoms with Crippen LogP contribution in [-0.4, -0.2) is 19.6 Å². The van der Waals surface area contributed by atoms with Crippen LogP contribution in [0.1, 0.15) is 20.8 Å². The van der Waals surface area contributed by atoms with E-state index in [1.54, 1.807) is 0 Å². The zero-order valence-electron chi connectivity index (χ0n) is 10.2. The van der Waals surface area contributed by atoms with Crippen molar-refractivity contribution in [3.8, 4) is 0 Å². The number of hydrogen-bond donors (Lipinski definition) is 2. The van der Waals surface area contributed by atoms with Crippen LogP contribution >= 0.6 is 0 Å². The molecule has 0 radical (unpaired) electrons. The minimum Gasteiger partial charge on any atom is -0.330 e. The molecule has 0 bridgehead atoms. The second kappa shape index (κ2) is 6.09. The van der Waals surface area contributed by atoms with E-state index in [1.165, 1.54) is 5.57 Å². The summed E-state index contributed by atoms with van der Waals surface area (Å²) in [6, 6.07) is 0. The first-order chi connectivity index (χ1) is 7.13. The molecule has 0 saturated carbocycles. The average molecular weight is 208 g/mol. The SMILES string of the molecule is CC(C)CNCC1=CC(C)C(CN)C=C1. The van der Waals surface area contributed by atoms with E-state index in [-0.39, 0.29) is 0 Å². The summed E-state index contributed by atoms with van der Waals surface area (Å²) in [5.41, 5.74) is 7.08. The van der Waals surface area contributed by atoms with Gasteiger partial charge in [-0.2, -0.15) is 0 Å². The van der Waals surface area contributed by atoms with Gasteiger partial charge in [0.15, 0.2) is 0 Å². The summed E-state index contributed by atoms with van der Waals surface area (Å²) in [6.07, 6.45) is 6.80. The van der Waals surface area contributed by atoms with E-state index >= 15 is 0 Å². The molecule has 1 rings (SSSR count). The van der Waals surface area contributed by atoms with Gasteiger partial charge in [0.2, 0.25) is 0 Å². The molecule has 1 aliphatic rings. The van der Waals surface area contributed by atoms with Crippen LogP contribution in [0.4, 0.5) is 0 Å². The molecule has 0 heterocycles. The molecule has 0 aliphatic heterocycles. The van der Waals surface area contributed by atoms with Crippen LogP contribution in [0.15, 0.2) is 23.8 Å². The van der Waals surface area contributed by atoms with E-state index in [1.807, 2.05) is 0 Å². The number of allylic oxidation sites excluding steroid dienone is 1. The van der Waals surface area contributed by atoms with Crippen molar-refractivity contribution in [3.05, 3.63) is 23.8 Å². The molecule has 2 nitrogen and oxygen atoms in total. The highest BCUT2D eigenvalue weighted by Crippen LogP contribution is 2.21. The number of nitrogens with two attached hydrogens (primary N) is 1. The Bertz CT molecular complexity index is 241. The minimum atomic E-state index is 0.527. The molecule has 1 aliphatic carbocycles. The molecule has 0 spiro atoms. The number of nitrogens with one attached hydrogen (secondary N) is 1. The first kappa shape index (κ1) is 12.5. The van der Waals surface area contributed by atoms with Crippen molar-refractivity contribution in [3.63, 3.8) is 0 Å². The monoisotopic (exact) mass is 208 g/mol. The number of hydrogen-bond acceptors (Lipinski definition) is 2. The van der Waals surface area contributed by atoms with E-state index in [0.717, 1.165) is 19.6 Å². The zero-order valence-corrected chi connectivity index (χ0v) is 10.2. The lowest BCUT2D eigenvalue weighted by molar-refractivity contribution is 0.508. The lowest BCUT2D eigenvalue weighted by Gasteiger charge is -2.21. The summed E-state index contributed by atoms with van der Waals surface area (Å²) in [6.45, 7) is 9.51. The third-order valence-corrected chi connectivity index (χ3v) is 2.86. The Morgan fingerprint density at radius 2 is 2.20 bits per heavy atom. The van der Waals surface area contributed by atoms with Crippen LogP contribution in [0.2, 0.25) is 0 Å². The fraction of sp³-hybridized carbons (Fsp3) is 0.692. The maximum atomic E-state index is 5.68. The molecule has 2 heteroatoms. The first-order valence-corrected chi connectivity index (χ1v) is 5.93. The zero-order chi connectivity index (χ0) is 11.3. The second-order valence-electron chi connectivity index (χ2n) is 4.88. The van der Waals surface area contributed by atoms with Gasteiger partial charge in [0, 0.05) is 6.54 Å². The van der Waals surface area contributed by atoms with Crippen LogP contribution in [-0.2, 0) is 0 Å². The summed E-state index contributed by atoms with van der Waals surface area (Å²) in [4.78, 5) is 0. The van der Waals surface area contributed by atoms with E-state index in [4.69, 9.17) is 5.73 Å². The van der Waals surface area contributed by atoms with E-state index < -0.39 is 0 Å². The Labute approximate surface area is 93.6 Å². The highest BCUT2D eigenvalue weighted by Gasteiger charge is 2.14. The van der Waals surface area contributed by atoms with Gasteiger partial charge in [0.25, 0.3) is 0 Å². The third-order valence-electron chi connectivity index (χ3n) is 2.86. The molecule has 86 valence electrons. The van der Waals surface area contributed by atoms with Gasteiger partial charge in [-0.3, -0.25) is 0 Å². The highest BCUT2D eigenvalue weighted by molar-refractivity contribution is 5.26. The summed E-state index contributed by atoms with van der Waals surface area (Å²) in [5, 5.41) is 3.46. The summed E-state index contributed by atoms with van der Waals surface area (Å²) >= 11 is 0. The average Bonchev–Trinajstić information content (AvgIpc) is 2.17. The fourth-order valence-corrected chi connectivity index (χ4v) is 1.86. The molecule has 2 atom stereocenters. The molecule has 3 N–H and O–H groups in total. The minimum absolute atomic E-state index is 0.527. The van der Waals surface area contributed by atoms with E-state index in [9.17, 15) is 0 Å². The van der Waals surface area contributed by atoms with Crippen LogP contribution in [0, 0.1) is 17.8 Å². The summed E-state index contributed by atoms with van der Waals surface area (Å²) in [5.74, 6) is 1.82. The van der Waals surface area contributed by atoms with Crippen molar-refractivity contribution in [1.82, 2.24) is 5.32 Å². The topological polar surface area (TPSA) is 38.0 Å². The van der Waals surface area contributed by atoms with Crippen molar-refractivity contribution in [1.29, 1.82) is 0 Å². The lowest BCUT2D eigenvalue weighted by Crippen LogP contribution is -2.25. The molecule has 2 unspecified atom stereocenters. The molecule has 0 saturated heterocycles. The molecule has 0 aromatic rings. The van der Waals surface area contributed by atoms with Crippen molar-refractivity contribution in [2.45, 2.75) is 20.8 Å². The Morgan fingerprint density at radius 1 is 1.47 bits per heavy atom. The van der Waals surface area contributed by atoms with Crippen molar-refractivity contribution >= 4 is 0 Å². The first-order valence-electron chi connectivity index (χ1n) is 5.93. The van der Waals surface area contributed by atoms with E-state index in [0.29, 0.717) is 17.8 Å². The Morgan fingerprint density at radius 3 is 2.73 bits per heavy atom. The molecule has 0 aromatic carbocycles. The fourth-order valence-electron chi connectivity index (χ4n) is 1.86. The van der Waals surface area contributed by atoms with Gasteiger partial charge in [0.1, 0.15) is 0 Å². The smallest absolute Gasteiger partial charge is 0.0202 e. The van der Waals surface area contributed by atoms with Gasteiger partial charge >= 0.3 is 0 Å². The predicted molar refractivity (Wildman–Crippen MR) is 66.6 cm³/mol. The Balaban J connectivity index is 2.35. The molecule has 0 amide bonds. The van der Waals surface area contributed by atoms with Crippen molar-refractivity contribution in [2.75, 3.05) is 19.6 Å². The Kier molecular flexibility index (Phi) is 5.06. The van der Waals surface area contributed by atoms with Gasteiger partial charge < -0.3 is 11.1 Å². The van der Waals surface area contributed by atoms with Gasteiger partial charge in [-0.25, -0.2) is 0 Å². The van der Waals surface area contributed by atoms with Crippen LogP contribution in [0.5, 0.6) is 0 Å². The van der Waals surface area contributed by atoms with Gasteiger partial charge in [-0.15, -0.1) is 0 Å². The largest absolute Gasteiger partial charge is 0.330 e. The number of rotatable bonds is 5. The predicted octanol–water partition coefficient (Wildman–Crippen LogP) is 1.94. The Hall–Kier alpha value is -0.600. The maximum Gasteiger partial charge on any atom is 0.0202 e. The van der Waals surface area contributed by atoms with Crippen LogP contribution < -0.4 is 11.1 Å². The van der Waals surface area contributed by atoms with Gasteiger partial charge in [-0.05, 0) is 36.4 Å². The van der Waals surface area contributed by atoms with Gasteiger partial charge in [-0.1, -0.05) is 39.0 Å². The molecule has 0 fully saturated rings. The van der Waals surface area contributed by atoms with E-state index in [2.05, 4.69) is 44.3 Å². The quantitative estimate of drug-likeness (QED) is 0.724. The normalized spacial score (nSPS) is 25.8. The molecular weight excluding hydrogens is 184 g/mol. The van der Waals surface area contributed by atoms with Crippen molar-refractivity contribution in [2.24, 2.45) is 23.5 Å². The third kappa shape index (κ3) is 4.18. The highest BCUT2D eigenvalue weighted by atomic mass is 14.9. The van der Waals surface area contributed by atoms with Gasteiger partial charge in [0.05, 0.1) is 0 Å². The molecular formula is C13H24N2. The molecule has 15 heavy (non-hydrogen) atoms. The van der Waals surface area contributed by atoms with Crippen molar-refractivity contribution < 1.29 is 0 Å². The summed E-state index contributed by atoms with van der Waals surface area (Å²) < 4.78 is 0. The molecule has 0 aromatic heterocycles. The maximum absolute atomic E-state index is 5.68. The standard InChI is InChI=1S/C13H24N2/c1-10(2)8-15-9-12-4-5-13(7-14)11(3)6-12/h4-6,10-11,13,15H,7-9,14H2,1-3H3. The van der Waals surface area contributed by atoms with Crippen LogP contribution in [0.3, 0.4) is 0 Å². The second-order valence-corrected chi connectivity index (χ2v) is 4.88.